The van der Waals surface area contributed by atoms with Crippen molar-refractivity contribution in [3.05, 3.63) is 47.5 Å². The molecule has 3 rings (SSSR count). The summed E-state index contributed by atoms with van der Waals surface area (Å²) in [5.74, 6) is 0.129. The van der Waals surface area contributed by atoms with Gasteiger partial charge in [-0.05, 0) is 55.0 Å². The molecule has 1 aliphatic heterocycles. The highest BCUT2D eigenvalue weighted by Crippen LogP contribution is 2.39. The Bertz CT molecular complexity index is 1020. The van der Waals surface area contributed by atoms with Crippen LogP contribution in [0, 0.1) is 0 Å². The Morgan fingerprint density at radius 2 is 1.55 bits per heavy atom. The van der Waals surface area contributed by atoms with Crippen molar-refractivity contribution in [2.75, 3.05) is 32.8 Å². The molecule has 0 saturated carbocycles. The highest BCUT2D eigenvalue weighted by molar-refractivity contribution is 6.39. The van der Waals surface area contributed by atoms with E-state index in [0.717, 1.165) is 4.90 Å². The zero-order chi connectivity index (χ0) is 22.5. The molecule has 0 unspecified atom stereocenters. The number of hydrogen-bond acceptors (Lipinski definition) is 7. The van der Waals surface area contributed by atoms with Crippen LogP contribution < -0.4 is 29.2 Å². The first kappa shape index (κ1) is 21.7. The summed E-state index contributed by atoms with van der Waals surface area (Å²) >= 11 is 0. The van der Waals surface area contributed by atoms with Gasteiger partial charge in [0.05, 0.1) is 33.6 Å². The second-order valence-electron chi connectivity index (χ2n) is 6.34. The van der Waals surface area contributed by atoms with Crippen molar-refractivity contribution >= 4 is 29.6 Å². The number of methoxy groups -OCH3 is 3. The average Bonchev–Trinajstić information content (AvgIpc) is 2.77. The van der Waals surface area contributed by atoms with Gasteiger partial charge in [0.1, 0.15) is 11.3 Å². The van der Waals surface area contributed by atoms with Crippen LogP contribution in [0.25, 0.3) is 6.08 Å². The number of ether oxygens (including phenoxy) is 4. The van der Waals surface area contributed by atoms with Gasteiger partial charge in [-0.3, -0.25) is 14.9 Å². The van der Waals surface area contributed by atoms with Crippen LogP contribution in [0.4, 0.5) is 10.5 Å². The Balaban J connectivity index is 2.01. The second-order valence-corrected chi connectivity index (χ2v) is 6.34. The summed E-state index contributed by atoms with van der Waals surface area (Å²) in [5, 5.41) is 2.19. The molecular weight excluding hydrogens is 404 g/mol. The zero-order valence-electron chi connectivity index (χ0n) is 17.6. The minimum absolute atomic E-state index is 0.220. The third-order valence-corrected chi connectivity index (χ3v) is 4.51. The van der Waals surface area contributed by atoms with E-state index in [4.69, 9.17) is 18.9 Å². The quantitative estimate of drug-likeness (QED) is 0.536. The van der Waals surface area contributed by atoms with Crippen molar-refractivity contribution < 1.29 is 33.3 Å². The van der Waals surface area contributed by atoms with E-state index in [-0.39, 0.29) is 5.57 Å². The van der Waals surface area contributed by atoms with Crippen LogP contribution in [-0.2, 0) is 9.59 Å². The van der Waals surface area contributed by atoms with E-state index in [0.29, 0.717) is 40.9 Å². The van der Waals surface area contributed by atoms with Gasteiger partial charge in [-0.2, -0.15) is 0 Å². The largest absolute Gasteiger partial charge is 0.494 e. The lowest BCUT2D eigenvalue weighted by molar-refractivity contribution is -0.122. The van der Waals surface area contributed by atoms with E-state index in [1.54, 1.807) is 36.4 Å². The highest BCUT2D eigenvalue weighted by Gasteiger charge is 2.37. The standard InChI is InChI=1S/C22H22N2O7/c1-5-31-15-8-6-14(7-9-15)24-21(26)16(20(25)23-22(24)27)10-13-11-17(28-2)19(30-4)18(12-13)29-3/h6-12H,5H2,1-4H3,(H,23,25,27). The predicted molar refractivity (Wildman–Crippen MR) is 113 cm³/mol. The summed E-state index contributed by atoms with van der Waals surface area (Å²) in [6.07, 6.45) is 1.36. The Hall–Kier alpha value is -4.01. The number of urea groups is 1. The van der Waals surface area contributed by atoms with Gasteiger partial charge in [-0.15, -0.1) is 0 Å². The third kappa shape index (κ3) is 4.30. The fourth-order valence-corrected chi connectivity index (χ4v) is 3.10. The highest BCUT2D eigenvalue weighted by atomic mass is 16.5. The van der Waals surface area contributed by atoms with Crippen molar-refractivity contribution in [3.8, 4) is 23.0 Å². The van der Waals surface area contributed by atoms with Gasteiger partial charge in [0, 0.05) is 0 Å². The number of rotatable bonds is 7. The molecule has 0 bridgehead atoms. The maximum absolute atomic E-state index is 13.1. The molecule has 0 aliphatic carbocycles. The van der Waals surface area contributed by atoms with E-state index in [1.807, 2.05) is 6.92 Å². The van der Waals surface area contributed by atoms with E-state index in [9.17, 15) is 14.4 Å². The molecule has 0 atom stereocenters. The number of carbonyl (C=O) groups excluding carboxylic acids is 3. The topological polar surface area (TPSA) is 103 Å². The molecule has 1 N–H and O–H groups in total. The summed E-state index contributed by atoms with van der Waals surface area (Å²) < 4.78 is 21.3. The number of benzene rings is 2. The fourth-order valence-electron chi connectivity index (χ4n) is 3.10. The van der Waals surface area contributed by atoms with Crippen LogP contribution in [0.2, 0.25) is 0 Å². The molecule has 0 aromatic heterocycles. The number of amides is 4. The number of imide groups is 2. The summed E-state index contributed by atoms with van der Waals surface area (Å²) in [6.45, 7) is 2.33. The average molecular weight is 426 g/mol. The molecule has 2 aromatic rings. The molecule has 1 aliphatic rings. The predicted octanol–water partition coefficient (Wildman–Crippen LogP) is 2.78. The Labute approximate surface area is 179 Å². The molecule has 4 amide bonds. The molecule has 9 heteroatoms. The molecule has 1 fully saturated rings. The van der Waals surface area contributed by atoms with Crippen molar-refractivity contribution in [1.82, 2.24) is 5.32 Å². The van der Waals surface area contributed by atoms with Crippen molar-refractivity contribution in [2.24, 2.45) is 0 Å². The van der Waals surface area contributed by atoms with Crippen molar-refractivity contribution in [3.63, 3.8) is 0 Å². The molecular formula is C22H22N2O7. The van der Waals surface area contributed by atoms with Gasteiger partial charge in [0.2, 0.25) is 5.75 Å². The summed E-state index contributed by atoms with van der Waals surface area (Å²) in [4.78, 5) is 38.7. The van der Waals surface area contributed by atoms with Crippen LogP contribution in [0.1, 0.15) is 12.5 Å². The lowest BCUT2D eigenvalue weighted by atomic mass is 10.1. The summed E-state index contributed by atoms with van der Waals surface area (Å²) in [6, 6.07) is 8.75. The molecule has 162 valence electrons. The van der Waals surface area contributed by atoms with Gasteiger partial charge in [-0.25, -0.2) is 9.69 Å². The number of carbonyl (C=O) groups is 3. The molecule has 9 nitrogen and oxygen atoms in total. The number of barbiturate groups is 1. The van der Waals surface area contributed by atoms with E-state index >= 15 is 0 Å². The molecule has 1 heterocycles. The summed E-state index contributed by atoms with van der Waals surface area (Å²) in [5.41, 5.74) is 0.533. The lowest BCUT2D eigenvalue weighted by Gasteiger charge is -2.26. The molecule has 1 saturated heterocycles. The number of nitrogens with zero attached hydrogens (tertiary/aromatic N) is 1. The number of nitrogens with one attached hydrogen (secondary N) is 1. The second kappa shape index (κ2) is 9.21. The first-order valence-corrected chi connectivity index (χ1v) is 9.37. The molecule has 0 spiro atoms. The van der Waals surface area contributed by atoms with Gasteiger partial charge in [0.15, 0.2) is 11.5 Å². The molecule has 0 radical (unpaired) electrons. The van der Waals surface area contributed by atoms with Crippen LogP contribution in [-0.4, -0.2) is 45.8 Å². The van der Waals surface area contributed by atoms with Crippen LogP contribution >= 0.6 is 0 Å². The van der Waals surface area contributed by atoms with Gasteiger partial charge < -0.3 is 18.9 Å². The molecule has 31 heavy (non-hydrogen) atoms. The van der Waals surface area contributed by atoms with E-state index < -0.39 is 17.8 Å². The maximum atomic E-state index is 13.1. The Morgan fingerprint density at radius 3 is 2.06 bits per heavy atom. The minimum Gasteiger partial charge on any atom is -0.494 e. The summed E-state index contributed by atoms with van der Waals surface area (Å²) in [7, 11) is 4.38. The maximum Gasteiger partial charge on any atom is 0.335 e. The smallest absolute Gasteiger partial charge is 0.335 e. The minimum atomic E-state index is -0.832. The Kier molecular flexibility index (Phi) is 6.44. The monoisotopic (exact) mass is 426 g/mol. The number of hydrogen-bond donors (Lipinski definition) is 1. The lowest BCUT2D eigenvalue weighted by Crippen LogP contribution is -2.54. The van der Waals surface area contributed by atoms with Crippen molar-refractivity contribution in [2.45, 2.75) is 6.92 Å². The van der Waals surface area contributed by atoms with E-state index in [1.165, 1.54) is 27.4 Å². The SMILES string of the molecule is CCOc1ccc(N2C(=O)NC(=O)C(=Cc3cc(OC)c(OC)c(OC)c3)C2=O)cc1. The third-order valence-electron chi connectivity index (χ3n) is 4.51. The fraction of sp³-hybridized carbons (Fsp3) is 0.227. The first-order chi connectivity index (χ1) is 14.9. The van der Waals surface area contributed by atoms with Crippen molar-refractivity contribution in [1.29, 1.82) is 0 Å². The van der Waals surface area contributed by atoms with E-state index in [2.05, 4.69) is 5.32 Å². The first-order valence-electron chi connectivity index (χ1n) is 9.37. The van der Waals surface area contributed by atoms with Crippen LogP contribution in [0.15, 0.2) is 42.0 Å². The molecule has 2 aromatic carbocycles. The van der Waals surface area contributed by atoms with Gasteiger partial charge in [0.25, 0.3) is 11.8 Å². The van der Waals surface area contributed by atoms with Gasteiger partial charge in [-0.1, -0.05) is 0 Å². The number of anilines is 1. The van der Waals surface area contributed by atoms with Crippen LogP contribution in [0.3, 0.4) is 0 Å². The zero-order valence-corrected chi connectivity index (χ0v) is 17.6. The van der Waals surface area contributed by atoms with Crippen LogP contribution in [0.5, 0.6) is 23.0 Å². The Morgan fingerprint density at radius 1 is 0.935 bits per heavy atom. The normalized spacial score (nSPS) is 15.0. The van der Waals surface area contributed by atoms with Gasteiger partial charge >= 0.3 is 6.03 Å².